The SMILES string of the molecule is C1=c2c(n(-c3ccccc3)c3ccccc23)=CCC1n1c2ccc3ccccc3c2c2c3oc4ccccc4c3cc(-c3cccc(-c4nc(-c5ccccc5)nc(-c5ccccc5)n4)c3)c21. The summed E-state index contributed by atoms with van der Waals surface area (Å²) in [6.07, 6.45) is 5.76. The second-order valence-electron chi connectivity index (χ2n) is 17.5. The summed E-state index contributed by atoms with van der Waals surface area (Å²) in [5.74, 6) is 1.88. The molecule has 6 nitrogen and oxygen atoms in total. The highest BCUT2D eigenvalue weighted by Gasteiger charge is 2.28. The van der Waals surface area contributed by atoms with Crippen LogP contribution in [-0.4, -0.2) is 24.1 Å². The van der Waals surface area contributed by atoms with Crippen molar-refractivity contribution in [1.29, 1.82) is 0 Å². The van der Waals surface area contributed by atoms with Gasteiger partial charge in [0, 0.05) is 60.1 Å². The molecule has 9 aromatic carbocycles. The third-order valence-corrected chi connectivity index (χ3v) is 13.6. The highest BCUT2D eigenvalue weighted by atomic mass is 16.3. The van der Waals surface area contributed by atoms with Gasteiger partial charge in [0.05, 0.1) is 28.0 Å². The van der Waals surface area contributed by atoms with E-state index in [1.165, 1.54) is 43.1 Å². The van der Waals surface area contributed by atoms with Gasteiger partial charge in [0.2, 0.25) is 0 Å². The summed E-state index contributed by atoms with van der Waals surface area (Å²) in [4.78, 5) is 15.3. The maximum Gasteiger partial charge on any atom is 0.164 e. The van der Waals surface area contributed by atoms with E-state index in [1.807, 2.05) is 36.4 Å². The lowest BCUT2D eigenvalue weighted by atomic mass is 9.95. The van der Waals surface area contributed by atoms with Gasteiger partial charge in [-0.3, -0.25) is 0 Å². The smallest absolute Gasteiger partial charge is 0.164 e. The number of rotatable bonds is 6. The fourth-order valence-corrected chi connectivity index (χ4v) is 10.7. The van der Waals surface area contributed by atoms with Crippen LogP contribution < -0.4 is 10.6 Å². The predicted octanol–water partition coefficient (Wildman–Crippen LogP) is 13.8. The Balaban J connectivity index is 1.08. The largest absolute Gasteiger partial charge is 0.455 e. The molecule has 1 aliphatic rings. The van der Waals surface area contributed by atoms with Gasteiger partial charge in [-0.05, 0) is 65.2 Å². The van der Waals surface area contributed by atoms with E-state index in [0.717, 1.165) is 72.8 Å². The molecule has 4 heterocycles. The average Bonchev–Trinajstić information content (AvgIpc) is 4.07. The van der Waals surface area contributed by atoms with Gasteiger partial charge >= 0.3 is 0 Å². The molecule has 0 radical (unpaired) electrons. The normalized spacial score (nSPS) is 13.7. The third kappa shape index (κ3) is 5.86. The molecular formula is C61H39N5O. The topological polar surface area (TPSA) is 61.7 Å². The highest BCUT2D eigenvalue weighted by molar-refractivity contribution is 6.31. The summed E-state index contributed by atoms with van der Waals surface area (Å²) in [7, 11) is 0. The first-order valence-electron chi connectivity index (χ1n) is 22.9. The molecule has 0 saturated carbocycles. The Morgan fingerprint density at radius 1 is 0.463 bits per heavy atom. The standard InChI is InChI=1S/C61H39N5O/c1-4-18-39(19-5-1)59-62-60(40-20-6-2-7-21-40)64-61(63-59)42-23-16-22-41(35-42)48-37-50-47-28-13-15-30-54(47)67-58(50)56-55-45-26-11-10-17-38(45)31-33-53(55)66(57(48)56)44-32-34-52-49(36-44)46-27-12-14-29-51(46)65(52)43-24-8-3-9-25-43/h1-31,33-37,44H,32H2. The molecule has 1 atom stereocenters. The van der Waals surface area contributed by atoms with Crippen molar-refractivity contribution in [3.05, 3.63) is 217 Å². The van der Waals surface area contributed by atoms with E-state index < -0.39 is 0 Å². The Morgan fingerprint density at radius 3 is 1.84 bits per heavy atom. The first-order chi connectivity index (χ1) is 33.2. The lowest BCUT2D eigenvalue weighted by molar-refractivity contribution is 0.672. The number of para-hydroxylation sites is 3. The monoisotopic (exact) mass is 857 g/mol. The summed E-state index contributed by atoms with van der Waals surface area (Å²) in [5, 5.41) is 10.6. The first-order valence-corrected chi connectivity index (χ1v) is 22.9. The number of aromatic nitrogens is 5. The Kier molecular flexibility index (Phi) is 8.31. The molecule has 0 N–H and O–H groups in total. The lowest BCUT2D eigenvalue weighted by Crippen LogP contribution is -2.32. The second-order valence-corrected chi connectivity index (χ2v) is 17.5. The van der Waals surface area contributed by atoms with Crippen molar-refractivity contribution in [3.8, 4) is 51.0 Å². The van der Waals surface area contributed by atoms with Crippen LogP contribution in [0.1, 0.15) is 12.5 Å². The van der Waals surface area contributed by atoms with E-state index >= 15 is 0 Å². The molecule has 67 heavy (non-hydrogen) atoms. The Bertz CT molecular complexity index is 4190. The summed E-state index contributed by atoms with van der Waals surface area (Å²) >= 11 is 0. The van der Waals surface area contributed by atoms with E-state index in [1.54, 1.807) is 0 Å². The molecule has 1 aliphatic carbocycles. The summed E-state index contributed by atoms with van der Waals surface area (Å²) in [6.45, 7) is 0. The maximum absolute atomic E-state index is 7.02. The fourth-order valence-electron chi connectivity index (χ4n) is 10.7. The zero-order valence-corrected chi connectivity index (χ0v) is 36.2. The number of nitrogens with zero attached hydrogens (tertiary/aromatic N) is 5. The minimum atomic E-state index is -0.0159. The molecule has 0 amide bonds. The van der Waals surface area contributed by atoms with Crippen molar-refractivity contribution in [3.63, 3.8) is 0 Å². The van der Waals surface area contributed by atoms with Gasteiger partial charge in [-0.2, -0.15) is 0 Å². The molecule has 314 valence electrons. The molecule has 1 unspecified atom stereocenters. The molecule has 0 bridgehead atoms. The van der Waals surface area contributed by atoms with Crippen LogP contribution in [0.2, 0.25) is 0 Å². The highest BCUT2D eigenvalue weighted by Crippen LogP contribution is 2.48. The van der Waals surface area contributed by atoms with Crippen LogP contribution in [0.4, 0.5) is 0 Å². The van der Waals surface area contributed by atoms with Crippen LogP contribution in [0, 0.1) is 0 Å². The van der Waals surface area contributed by atoms with Crippen LogP contribution in [0.15, 0.2) is 211 Å². The molecule has 0 aliphatic heterocycles. The van der Waals surface area contributed by atoms with Crippen LogP contribution in [0.5, 0.6) is 0 Å². The summed E-state index contributed by atoms with van der Waals surface area (Å²) < 4.78 is 12.0. The van der Waals surface area contributed by atoms with Crippen molar-refractivity contribution in [2.24, 2.45) is 0 Å². The van der Waals surface area contributed by atoms with Crippen LogP contribution in [0.25, 0.3) is 129 Å². The van der Waals surface area contributed by atoms with Crippen molar-refractivity contribution < 1.29 is 4.42 Å². The van der Waals surface area contributed by atoms with E-state index in [-0.39, 0.29) is 6.04 Å². The van der Waals surface area contributed by atoms with Gasteiger partial charge in [-0.1, -0.05) is 176 Å². The predicted molar refractivity (Wildman–Crippen MR) is 274 cm³/mol. The van der Waals surface area contributed by atoms with Gasteiger partial charge in [0.1, 0.15) is 11.2 Å². The van der Waals surface area contributed by atoms with Gasteiger partial charge < -0.3 is 13.6 Å². The van der Waals surface area contributed by atoms with Gasteiger partial charge in [-0.15, -0.1) is 0 Å². The van der Waals surface area contributed by atoms with Crippen molar-refractivity contribution in [2.75, 3.05) is 0 Å². The van der Waals surface area contributed by atoms with Crippen molar-refractivity contribution >= 4 is 77.6 Å². The molecule has 0 fully saturated rings. The van der Waals surface area contributed by atoms with Crippen LogP contribution in [0.3, 0.4) is 0 Å². The number of fused-ring (bicyclic) bond motifs is 12. The van der Waals surface area contributed by atoms with Gasteiger partial charge in [0.15, 0.2) is 17.5 Å². The maximum atomic E-state index is 7.02. The fraction of sp³-hybridized carbons (Fsp3) is 0.0328. The van der Waals surface area contributed by atoms with Crippen LogP contribution >= 0.6 is 0 Å². The van der Waals surface area contributed by atoms with Crippen molar-refractivity contribution in [2.45, 2.75) is 12.5 Å². The minimum Gasteiger partial charge on any atom is -0.455 e. The molecular weight excluding hydrogens is 819 g/mol. The van der Waals surface area contributed by atoms with Gasteiger partial charge in [0.25, 0.3) is 0 Å². The van der Waals surface area contributed by atoms with E-state index in [2.05, 4.69) is 191 Å². The molecule has 0 spiro atoms. The first kappa shape index (κ1) is 37.5. The number of furan rings is 1. The number of hydrogen-bond donors (Lipinski definition) is 0. The summed E-state index contributed by atoms with van der Waals surface area (Å²) in [6, 6.07) is 72.7. The number of hydrogen-bond acceptors (Lipinski definition) is 4. The molecule has 13 aromatic rings. The molecule has 14 rings (SSSR count). The van der Waals surface area contributed by atoms with E-state index in [4.69, 9.17) is 19.4 Å². The zero-order valence-electron chi connectivity index (χ0n) is 36.2. The Labute approximate surface area is 384 Å². The number of benzene rings is 9. The lowest BCUT2D eigenvalue weighted by Gasteiger charge is -2.21. The third-order valence-electron chi connectivity index (χ3n) is 13.6. The van der Waals surface area contributed by atoms with E-state index in [0.29, 0.717) is 17.5 Å². The summed E-state index contributed by atoms with van der Waals surface area (Å²) in [5.41, 5.74) is 11.4. The zero-order chi connectivity index (χ0) is 44.0. The Hall–Kier alpha value is -8.87. The quantitative estimate of drug-likeness (QED) is 0.167. The molecule has 6 heteroatoms. The Morgan fingerprint density at radius 2 is 1.07 bits per heavy atom. The van der Waals surface area contributed by atoms with Crippen molar-refractivity contribution in [1.82, 2.24) is 24.1 Å². The molecule has 4 aromatic heterocycles. The van der Waals surface area contributed by atoms with Gasteiger partial charge in [-0.25, -0.2) is 15.0 Å². The minimum absolute atomic E-state index is 0.0159. The average molecular weight is 858 g/mol. The van der Waals surface area contributed by atoms with Crippen LogP contribution in [-0.2, 0) is 0 Å². The molecule has 0 saturated heterocycles. The second kappa shape index (κ2) is 14.8. The van der Waals surface area contributed by atoms with E-state index in [9.17, 15) is 0 Å².